The van der Waals surface area contributed by atoms with Crippen molar-refractivity contribution in [2.75, 3.05) is 32.2 Å². The van der Waals surface area contributed by atoms with Crippen LogP contribution in [0.5, 0.6) is 11.5 Å². The van der Waals surface area contributed by atoms with Gasteiger partial charge in [-0.1, -0.05) is 6.07 Å². The topological polar surface area (TPSA) is 45.5 Å². The van der Waals surface area contributed by atoms with Gasteiger partial charge in [0.15, 0.2) is 0 Å². The summed E-state index contributed by atoms with van der Waals surface area (Å²) >= 11 is 0. The summed E-state index contributed by atoms with van der Waals surface area (Å²) in [5.74, 6) is 1.56. The number of rotatable bonds is 6. The second-order valence-electron chi connectivity index (χ2n) is 4.61. The largest absolute Gasteiger partial charge is 0.497 e. The normalized spacial score (nSPS) is 9.76. The summed E-state index contributed by atoms with van der Waals surface area (Å²) in [6.07, 6.45) is 0. The lowest BCUT2D eigenvalue weighted by atomic mass is 10.2. The van der Waals surface area contributed by atoms with E-state index in [2.05, 4.69) is 11.0 Å². The van der Waals surface area contributed by atoms with E-state index in [0.717, 1.165) is 23.7 Å². The quantitative estimate of drug-likeness (QED) is 0.816. The minimum Gasteiger partial charge on any atom is -0.497 e. The van der Waals surface area contributed by atoms with Gasteiger partial charge >= 0.3 is 0 Å². The summed E-state index contributed by atoms with van der Waals surface area (Å²) in [5.41, 5.74) is 1.71. The lowest BCUT2D eigenvalue weighted by Gasteiger charge is -2.19. The predicted octanol–water partition coefficient (Wildman–Crippen LogP) is 3.08. The van der Waals surface area contributed by atoms with E-state index < -0.39 is 0 Å². The van der Waals surface area contributed by atoms with Gasteiger partial charge in [-0.05, 0) is 42.5 Å². The van der Waals surface area contributed by atoms with Crippen LogP contribution in [0.25, 0.3) is 0 Å². The fourth-order valence-electron chi connectivity index (χ4n) is 1.92. The fraction of sp³-hybridized carbons (Fsp3) is 0.235. The summed E-state index contributed by atoms with van der Waals surface area (Å²) in [4.78, 5) is 2.10. The molecule has 108 valence electrons. The van der Waals surface area contributed by atoms with Gasteiger partial charge in [-0.2, -0.15) is 5.26 Å². The van der Waals surface area contributed by atoms with E-state index in [1.54, 1.807) is 19.2 Å². The monoisotopic (exact) mass is 282 g/mol. The molecule has 0 amide bonds. The van der Waals surface area contributed by atoms with Crippen LogP contribution in [-0.4, -0.2) is 27.3 Å². The minimum atomic E-state index is 0.553. The molecule has 0 aliphatic rings. The minimum absolute atomic E-state index is 0.553. The van der Waals surface area contributed by atoms with E-state index in [-0.39, 0.29) is 0 Å². The highest BCUT2D eigenvalue weighted by Gasteiger charge is 2.02. The molecular weight excluding hydrogens is 264 g/mol. The van der Waals surface area contributed by atoms with Gasteiger partial charge < -0.3 is 14.4 Å². The van der Waals surface area contributed by atoms with Crippen molar-refractivity contribution in [2.45, 2.75) is 0 Å². The Morgan fingerprint density at radius 3 is 2.52 bits per heavy atom. The second kappa shape index (κ2) is 7.20. The van der Waals surface area contributed by atoms with Crippen LogP contribution < -0.4 is 14.4 Å². The molecule has 0 bridgehead atoms. The van der Waals surface area contributed by atoms with Crippen molar-refractivity contribution >= 4 is 5.69 Å². The van der Waals surface area contributed by atoms with Crippen molar-refractivity contribution in [3.63, 3.8) is 0 Å². The van der Waals surface area contributed by atoms with Gasteiger partial charge in [0.1, 0.15) is 18.1 Å². The maximum atomic E-state index is 8.84. The zero-order valence-electron chi connectivity index (χ0n) is 12.2. The summed E-state index contributed by atoms with van der Waals surface area (Å²) in [7, 11) is 3.67. The third-order valence-corrected chi connectivity index (χ3v) is 3.17. The third kappa shape index (κ3) is 4.15. The van der Waals surface area contributed by atoms with E-state index in [1.807, 2.05) is 43.4 Å². The molecule has 0 saturated carbocycles. The summed E-state index contributed by atoms with van der Waals surface area (Å²) in [6, 6.07) is 17.2. The number of ether oxygens (including phenoxy) is 2. The number of anilines is 1. The van der Waals surface area contributed by atoms with Gasteiger partial charge in [-0.25, -0.2) is 0 Å². The molecule has 2 aromatic rings. The molecule has 0 spiro atoms. The first kappa shape index (κ1) is 14.7. The van der Waals surface area contributed by atoms with Crippen LogP contribution in [0.3, 0.4) is 0 Å². The Balaban J connectivity index is 1.85. The van der Waals surface area contributed by atoms with Crippen LogP contribution in [0.4, 0.5) is 5.69 Å². The molecule has 2 rings (SSSR count). The van der Waals surface area contributed by atoms with Gasteiger partial charge in [-0.3, -0.25) is 0 Å². The number of likely N-dealkylation sites (N-methyl/N-ethyl adjacent to an activating group) is 1. The molecule has 0 radical (unpaired) electrons. The van der Waals surface area contributed by atoms with Crippen molar-refractivity contribution in [1.82, 2.24) is 0 Å². The zero-order chi connectivity index (χ0) is 15.1. The molecule has 4 nitrogen and oxygen atoms in total. The maximum Gasteiger partial charge on any atom is 0.120 e. The molecule has 0 saturated heterocycles. The Hall–Kier alpha value is -2.67. The standard InChI is InChI=1S/C17H18N2O2/c1-19(15-6-8-16(20-2)9-7-15)10-11-21-17-5-3-4-14(12-17)13-18/h3-9,12H,10-11H2,1-2H3. The first-order valence-corrected chi connectivity index (χ1v) is 6.71. The van der Waals surface area contributed by atoms with Crippen LogP contribution in [0.1, 0.15) is 5.56 Å². The Morgan fingerprint density at radius 2 is 1.86 bits per heavy atom. The van der Waals surface area contributed by atoms with Crippen molar-refractivity contribution in [2.24, 2.45) is 0 Å². The SMILES string of the molecule is COc1ccc(N(C)CCOc2cccc(C#N)c2)cc1. The number of hydrogen-bond acceptors (Lipinski definition) is 4. The van der Waals surface area contributed by atoms with E-state index in [4.69, 9.17) is 14.7 Å². The molecule has 2 aromatic carbocycles. The summed E-state index contributed by atoms with van der Waals surface area (Å²) in [6.45, 7) is 1.31. The molecular formula is C17H18N2O2. The van der Waals surface area contributed by atoms with Gasteiger partial charge in [0.2, 0.25) is 0 Å². The second-order valence-corrected chi connectivity index (χ2v) is 4.61. The first-order chi connectivity index (χ1) is 10.2. The molecule has 0 fully saturated rings. The molecule has 21 heavy (non-hydrogen) atoms. The lowest BCUT2D eigenvalue weighted by molar-refractivity contribution is 0.326. The average molecular weight is 282 g/mol. The molecule has 0 heterocycles. The molecule has 0 aromatic heterocycles. The van der Waals surface area contributed by atoms with Crippen molar-refractivity contribution in [3.05, 3.63) is 54.1 Å². The Kier molecular flexibility index (Phi) is 5.05. The highest BCUT2D eigenvalue weighted by molar-refractivity contribution is 5.48. The van der Waals surface area contributed by atoms with Crippen LogP contribution in [0, 0.1) is 11.3 Å². The number of methoxy groups -OCH3 is 1. The van der Waals surface area contributed by atoms with E-state index in [1.165, 1.54) is 0 Å². The van der Waals surface area contributed by atoms with Crippen molar-refractivity contribution in [1.29, 1.82) is 5.26 Å². The predicted molar refractivity (Wildman–Crippen MR) is 82.9 cm³/mol. The summed E-state index contributed by atoms with van der Waals surface area (Å²) < 4.78 is 10.8. The smallest absolute Gasteiger partial charge is 0.120 e. The molecule has 0 aliphatic carbocycles. The molecule has 4 heteroatoms. The third-order valence-electron chi connectivity index (χ3n) is 3.17. The van der Waals surface area contributed by atoms with Gasteiger partial charge in [-0.15, -0.1) is 0 Å². The van der Waals surface area contributed by atoms with Crippen molar-refractivity contribution in [3.8, 4) is 17.6 Å². The van der Waals surface area contributed by atoms with Crippen LogP contribution in [0.2, 0.25) is 0 Å². The zero-order valence-corrected chi connectivity index (χ0v) is 12.2. The molecule has 0 aliphatic heterocycles. The van der Waals surface area contributed by atoms with E-state index >= 15 is 0 Å². The fourth-order valence-corrected chi connectivity index (χ4v) is 1.92. The first-order valence-electron chi connectivity index (χ1n) is 6.71. The Morgan fingerprint density at radius 1 is 1.10 bits per heavy atom. The number of nitriles is 1. The van der Waals surface area contributed by atoms with E-state index in [0.29, 0.717) is 12.2 Å². The average Bonchev–Trinajstić information content (AvgIpc) is 2.55. The van der Waals surface area contributed by atoms with Crippen molar-refractivity contribution < 1.29 is 9.47 Å². The molecule has 0 atom stereocenters. The number of hydrogen-bond donors (Lipinski definition) is 0. The van der Waals surface area contributed by atoms with Gasteiger partial charge in [0, 0.05) is 12.7 Å². The lowest BCUT2D eigenvalue weighted by Crippen LogP contribution is -2.23. The number of nitrogens with zero attached hydrogens (tertiary/aromatic N) is 2. The molecule has 0 unspecified atom stereocenters. The van der Waals surface area contributed by atoms with E-state index in [9.17, 15) is 0 Å². The highest BCUT2D eigenvalue weighted by atomic mass is 16.5. The number of benzene rings is 2. The Labute approximate surface area is 125 Å². The van der Waals surface area contributed by atoms with Gasteiger partial charge in [0.25, 0.3) is 0 Å². The van der Waals surface area contributed by atoms with Crippen LogP contribution in [-0.2, 0) is 0 Å². The van der Waals surface area contributed by atoms with Crippen LogP contribution in [0.15, 0.2) is 48.5 Å². The highest BCUT2D eigenvalue weighted by Crippen LogP contribution is 2.18. The maximum absolute atomic E-state index is 8.84. The summed E-state index contributed by atoms with van der Waals surface area (Å²) in [5, 5.41) is 8.84. The Bertz CT molecular complexity index is 617. The molecule has 0 N–H and O–H groups in total. The van der Waals surface area contributed by atoms with Crippen LogP contribution >= 0.6 is 0 Å². The van der Waals surface area contributed by atoms with Gasteiger partial charge in [0.05, 0.1) is 25.3 Å².